The summed E-state index contributed by atoms with van der Waals surface area (Å²) in [6.07, 6.45) is 5.35. The van der Waals surface area contributed by atoms with Crippen molar-refractivity contribution in [2.45, 2.75) is 58.1 Å². The first kappa shape index (κ1) is 20.3. The first-order valence-corrected chi connectivity index (χ1v) is 11.4. The molecule has 2 fully saturated rings. The van der Waals surface area contributed by atoms with E-state index >= 15 is 0 Å². The number of hydrogen-bond acceptors (Lipinski definition) is 3. The van der Waals surface area contributed by atoms with Gasteiger partial charge in [-0.25, -0.2) is 0 Å². The standard InChI is InChI=1S/C26H36N2O/c1-21(2)29-25-11-7-8-23(20-25)26(14-12-22(3)13-15-26)28-18-16-27(17-19-28)24-9-5-4-6-10-24/h4-11,20-22H,12-19H2,1-3H3. The molecule has 2 aromatic carbocycles. The van der Waals surface area contributed by atoms with Crippen LogP contribution in [0.2, 0.25) is 0 Å². The second-order valence-corrected chi connectivity index (χ2v) is 9.22. The fraction of sp³-hybridized carbons (Fsp3) is 0.538. The highest BCUT2D eigenvalue weighted by molar-refractivity contribution is 5.46. The molecule has 3 nitrogen and oxygen atoms in total. The van der Waals surface area contributed by atoms with E-state index in [1.807, 2.05) is 0 Å². The SMILES string of the molecule is CC1CCC(c2cccc(OC(C)C)c2)(N2CCN(c3ccccc3)CC2)CC1. The molecule has 4 rings (SSSR count). The Morgan fingerprint density at radius 2 is 1.59 bits per heavy atom. The summed E-state index contributed by atoms with van der Waals surface area (Å²) >= 11 is 0. The molecular formula is C26H36N2O. The summed E-state index contributed by atoms with van der Waals surface area (Å²) in [5, 5.41) is 0. The van der Waals surface area contributed by atoms with Gasteiger partial charge in [-0.15, -0.1) is 0 Å². The number of ether oxygens (including phenoxy) is 1. The summed E-state index contributed by atoms with van der Waals surface area (Å²) in [6, 6.07) is 19.8. The van der Waals surface area contributed by atoms with Gasteiger partial charge in [0.2, 0.25) is 0 Å². The van der Waals surface area contributed by atoms with E-state index in [-0.39, 0.29) is 11.6 Å². The van der Waals surface area contributed by atoms with Gasteiger partial charge in [0.25, 0.3) is 0 Å². The van der Waals surface area contributed by atoms with Gasteiger partial charge in [0.15, 0.2) is 0 Å². The maximum atomic E-state index is 6.05. The van der Waals surface area contributed by atoms with Gasteiger partial charge < -0.3 is 9.64 Å². The lowest BCUT2D eigenvalue weighted by Crippen LogP contribution is -2.56. The molecule has 1 saturated heterocycles. The van der Waals surface area contributed by atoms with E-state index in [2.05, 4.69) is 85.2 Å². The van der Waals surface area contributed by atoms with Crippen molar-refractivity contribution in [1.82, 2.24) is 4.90 Å². The molecule has 0 spiro atoms. The largest absolute Gasteiger partial charge is 0.491 e. The normalized spacial score (nSPS) is 25.9. The van der Waals surface area contributed by atoms with Crippen LogP contribution in [0.25, 0.3) is 0 Å². The van der Waals surface area contributed by atoms with Crippen LogP contribution in [0.5, 0.6) is 5.75 Å². The topological polar surface area (TPSA) is 15.7 Å². The molecule has 0 unspecified atom stereocenters. The van der Waals surface area contributed by atoms with Gasteiger partial charge in [-0.05, 0) is 75.3 Å². The van der Waals surface area contributed by atoms with Crippen LogP contribution in [0, 0.1) is 5.92 Å². The first-order chi connectivity index (χ1) is 14.1. The third kappa shape index (κ3) is 4.45. The lowest BCUT2D eigenvalue weighted by molar-refractivity contribution is 0.0296. The zero-order valence-electron chi connectivity index (χ0n) is 18.3. The number of benzene rings is 2. The molecule has 0 amide bonds. The number of hydrogen-bond donors (Lipinski definition) is 0. The summed E-state index contributed by atoms with van der Waals surface area (Å²) in [5.74, 6) is 1.85. The van der Waals surface area contributed by atoms with Gasteiger partial charge in [0.1, 0.15) is 5.75 Å². The van der Waals surface area contributed by atoms with Crippen LogP contribution in [0.4, 0.5) is 5.69 Å². The third-order valence-electron chi connectivity index (χ3n) is 6.85. The van der Waals surface area contributed by atoms with Crippen molar-refractivity contribution in [3.8, 4) is 5.75 Å². The van der Waals surface area contributed by atoms with Gasteiger partial charge in [-0.3, -0.25) is 4.90 Å². The fourth-order valence-corrected chi connectivity index (χ4v) is 5.19. The molecule has 1 aliphatic carbocycles. The highest BCUT2D eigenvalue weighted by Crippen LogP contribution is 2.45. The summed E-state index contributed by atoms with van der Waals surface area (Å²) in [4.78, 5) is 5.32. The van der Waals surface area contributed by atoms with Crippen LogP contribution in [-0.4, -0.2) is 37.2 Å². The molecule has 0 N–H and O–H groups in total. The molecule has 0 bridgehead atoms. The number of rotatable bonds is 5. The fourth-order valence-electron chi connectivity index (χ4n) is 5.19. The Hall–Kier alpha value is -2.00. The van der Waals surface area contributed by atoms with Crippen molar-refractivity contribution in [3.05, 3.63) is 60.2 Å². The monoisotopic (exact) mass is 392 g/mol. The van der Waals surface area contributed by atoms with E-state index in [1.54, 1.807) is 0 Å². The minimum absolute atomic E-state index is 0.158. The van der Waals surface area contributed by atoms with Crippen molar-refractivity contribution in [2.24, 2.45) is 5.92 Å². The number of piperazine rings is 1. The van der Waals surface area contributed by atoms with Crippen molar-refractivity contribution in [1.29, 1.82) is 0 Å². The number of para-hydroxylation sites is 1. The van der Waals surface area contributed by atoms with Crippen molar-refractivity contribution in [3.63, 3.8) is 0 Å². The van der Waals surface area contributed by atoms with E-state index in [0.717, 1.165) is 37.8 Å². The zero-order chi connectivity index (χ0) is 20.3. The molecular weight excluding hydrogens is 356 g/mol. The Morgan fingerprint density at radius 3 is 2.24 bits per heavy atom. The van der Waals surface area contributed by atoms with Gasteiger partial charge >= 0.3 is 0 Å². The van der Waals surface area contributed by atoms with Crippen LogP contribution in [0.3, 0.4) is 0 Å². The number of nitrogens with zero attached hydrogens (tertiary/aromatic N) is 2. The summed E-state index contributed by atoms with van der Waals surface area (Å²) < 4.78 is 6.05. The Bertz CT molecular complexity index is 772. The van der Waals surface area contributed by atoms with Crippen molar-refractivity contribution in [2.75, 3.05) is 31.1 Å². The first-order valence-electron chi connectivity index (χ1n) is 11.4. The van der Waals surface area contributed by atoms with Crippen LogP contribution in [-0.2, 0) is 5.54 Å². The molecule has 3 heteroatoms. The van der Waals surface area contributed by atoms with E-state index in [4.69, 9.17) is 4.74 Å². The minimum atomic E-state index is 0.158. The van der Waals surface area contributed by atoms with Crippen molar-refractivity contribution >= 4 is 5.69 Å². The molecule has 1 saturated carbocycles. The predicted molar refractivity (Wildman–Crippen MR) is 122 cm³/mol. The Balaban J connectivity index is 1.56. The maximum absolute atomic E-state index is 6.05. The maximum Gasteiger partial charge on any atom is 0.120 e. The van der Waals surface area contributed by atoms with Gasteiger partial charge in [-0.2, -0.15) is 0 Å². The molecule has 0 atom stereocenters. The van der Waals surface area contributed by atoms with E-state index < -0.39 is 0 Å². The average Bonchev–Trinajstić information content (AvgIpc) is 2.75. The molecule has 1 heterocycles. The van der Waals surface area contributed by atoms with E-state index in [1.165, 1.54) is 36.9 Å². The minimum Gasteiger partial charge on any atom is -0.491 e. The Morgan fingerprint density at radius 1 is 0.897 bits per heavy atom. The summed E-state index contributed by atoms with van der Waals surface area (Å²) in [6.45, 7) is 11.1. The molecule has 156 valence electrons. The molecule has 29 heavy (non-hydrogen) atoms. The Kier molecular flexibility index (Phi) is 6.15. The van der Waals surface area contributed by atoms with Crippen LogP contribution in [0.15, 0.2) is 54.6 Å². The second kappa shape index (κ2) is 8.79. The summed E-state index contributed by atoms with van der Waals surface area (Å²) in [5.41, 5.74) is 2.97. The highest BCUT2D eigenvalue weighted by atomic mass is 16.5. The molecule has 1 aliphatic heterocycles. The van der Waals surface area contributed by atoms with Crippen LogP contribution < -0.4 is 9.64 Å². The third-order valence-corrected chi connectivity index (χ3v) is 6.85. The van der Waals surface area contributed by atoms with Gasteiger partial charge in [0, 0.05) is 37.4 Å². The number of anilines is 1. The van der Waals surface area contributed by atoms with E-state index in [9.17, 15) is 0 Å². The smallest absolute Gasteiger partial charge is 0.120 e. The lowest BCUT2D eigenvalue weighted by Gasteiger charge is -2.51. The molecule has 2 aromatic rings. The van der Waals surface area contributed by atoms with Gasteiger partial charge in [0.05, 0.1) is 6.10 Å². The second-order valence-electron chi connectivity index (χ2n) is 9.22. The summed E-state index contributed by atoms with van der Waals surface area (Å²) in [7, 11) is 0. The molecule has 0 aromatic heterocycles. The highest BCUT2D eigenvalue weighted by Gasteiger charge is 2.42. The van der Waals surface area contributed by atoms with Gasteiger partial charge in [-0.1, -0.05) is 37.3 Å². The van der Waals surface area contributed by atoms with E-state index in [0.29, 0.717) is 0 Å². The predicted octanol–water partition coefficient (Wildman–Crippen LogP) is 5.70. The average molecular weight is 393 g/mol. The van der Waals surface area contributed by atoms with Crippen molar-refractivity contribution < 1.29 is 4.74 Å². The Labute approximate surface area is 176 Å². The zero-order valence-corrected chi connectivity index (χ0v) is 18.3. The molecule has 2 aliphatic rings. The molecule has 0 radical (unpaired) electrons. The quantitative estimate of drug-likeness (QED) is 0.649. The lowest BCUT2D eigenvalue weighted by atomic mass is 9.71. The van der Waals surface area contributed by atoms with Crippen LogP contribution >= 0.6 is 0 Å². The van der Waals surface area contributed by atoms with Crippen LogP contribution in [0.1, 0.15) is 52.0 Å².